The second-order valence-electron chi connectivity index (χ2n) is 7.56. The molecular weight excluding hydrogens is 340 g/mol. The summed E-state index contributed by atoms with van der Waals surface area (Å²) in [5.74, 6) is 0.870. The third-order valence-corrected chi connectivity index (χ3v) is 5.78. The van der Waals surface area contributed by atoms with Crippen LogP contribution in [0.4, 0.5) is 0 Å². The van der Waals surface area contributed by atoms with Crippen molar-refractivity contribution >= 4 is 0 Å². The maximum atomic E-state index is 11.8. The zero-order valence-electron chi connectivity index (χ0n) is 16.1. The number of aromatic amines is 2. The molecule has 0 fully saturated rings. The molecule has 1 aromatic carbocycles. The van der Waals surface area contributed by atoms with Crippen molar-refractivity contribution in [2.24, 2.45) is 0 Å². The van der Waals surface area contributed by atoms with Gasteiger partial charge in [0.25, 0.3) is 0 Å². The average molecular weight is 366 g/mol. The summed E-state index contributed by atoms with van der Waals surface area (Å²) in [5.41, 5.74) is 5.93. The molecule has 2 N–H and O–H groups in total. The minimum atomic E-state index is -0.0971. The Morgan fingerprint density at radius 3 is 2.89 bits per heavy atom. The summed E-state index contributed by atoms with van der Waals surface area (Å²) >= 11 is 0. The highest BCUT2D eigenvalue weighted by Crippen LogP contribution is 2.26. The van der Waals surface area contributed by atoms with Crippen LogP contribution < -0.4 is 5.69 Å². The van der Waals surface area contributed by atoms with E-state index in [-0.39, 0.29) is 5.69 Å². The number of hydrogen-bond donors (Lipinski definition) is 2. The van der Waals surface area contributed by atoms with Crippen LogP contribution in [0.15, 0.2) is 29.2 Å². The van der Waals surface area contributed by atoms with E-state index in [1.807, 2.05) is 6.20 Å². The third-order valence-electron chi connectivity index (χ3n) is 5.78. The molecule has 2 aromatic heterocycles. The van der Waals surface area contributed by atoms with Gasteiger partial charge < -0.3 is 0 Å². The van der Waals surface area contributed by atoms with Crippen molar-refractivity contribution in [2.75, 3.05) is 7.05 Å². The topological polar surface area (TPSA) is 82.6 Å². The Morgan fingerprint density at radius 2 is 2.07 bits per heavy atom. The molecule has 1 atom stereocenters. The fourth-order valence-electron chi connectivity index (χ4n) is 3.91. The first-order valence-corrected chi connectivity index (χ1v) is 9.47. The summed E-state index contributed by atoms with van der Waals surface area (Å²) in [6, 6.07) is 6.93. The van der Waals surface area contributed by atoms with Gasteiger partial charge in [-0.1, -0.05) is 12.1 Å². The summed E-state index contributed by atoms with van der Waals surface area (Å²) in [4.78, 5) is 14.2. The van der Waals surface area contributed by atoms with E-state index in [0.29, 0.717) is 6.04 Å². The molecule has 0 spiro atoms. The van der Waals surface area contributed by atoms with E-state index >= 15 is 0 Å². The minimum absolute atomic E-state index is 0.0971. The first kappa shape index (κ1) is 17.7. The van der Waals surface area contributed by atoms with Crippen molar-refractivity contribution in [3.8, 4) is 11.3 Å². The normalized spacial score (nSPS) is 17.1. The molecule has 142 valence electrons. The maximum absolute atomic E-state index is 11.8. The van der Waals surface area contributed by atoms with Gasteiger partial charge in [0.15, 0.2) is 0 Å². The monoisotopic (exact) mass is 366 g/mol. The second-order valence-corrected chi connectivity index (χ2v) is 7.56. The first-order valence-electron chi connectivity index (χ1n) is 9.47. The molecule has 1 aliphatic rings. The molecule has 0 radical (unpaired) electrons. The number of aryl methyl sites for hydroxylation is 3. The Morgan fingerprint density at radius 1 is 1.22 bits per heavy atom. The lowest BCUT2D eigenvalue weighted by Gasteiger charge is -2.26. The standard InChI is InChI=1S/C20H26N6O/c1-13-4-5-15(10-14(13)2)19-16(11-21-23-19)12-25(3)17-6-7-18-22-24-20(27)26(18)9-8-17/h4-5,10-11,17H,6-9,12H2,1-3H3,(H,21,23)(H,24,27). The number of hydrogen-bond acceptors (Lipinski definition) is 4. The van der Waals surface area contributed by atoms with E-state index < -0.39 is 0 Å². The zero-order valence-corrected chi connectivity index (χ0v) is 16.1. The number of aromatic nitrogens is 5. The van der Waals surface area contributed by atoms with E-state index in [2.05, 4.69) is 64.4 Å². The summed E-state index contributed by atoms with van der Waals surface area (Å²) in [6.45, 7) is 5.80. The molecule has 3 heterocycles. The molecule has 0 bridgehead atoms. The van der Waals surface area contributed by atoms with Crippen LogP contribution in [0.1, 0.15) is 35.4 Å². The molecule has 4 rings (SSSR count). The van der Waals surface area contributed by atoms with Crippen LogP contribution in [0.5, 0.6) is 0 Å². The highest BCUT2D eigenvalue weighted by atomic mass is 16.1. The first-order chi connectivity index (χ1) is 13.0. The fraction of sp³-hybridized carbons (Fsp3) is 0.450. The van der Waals surface area contributed by atoms with Gasteiger partial charge in [-0.15, -0.1) is 0 Å². The Labute approximate surface area is 158 Å². The highest BCUT2D eigenvalue weighted by molar-refractivity contribution is 5.64. The van der Waals surface area contributed by atoms with E-state index in [1.165, 1.54) is 22.3 Å². The van der Waals surface area contributed by atoms with Crippen molar-refractivity contribution in [1.82, 2.24) is 29.9 Å². The van der Waals surface area contributed by atoms with Crippen LogP contribution in [0, 0.1) is 13.8 Å². The van der Waals surface area contributed by atoms with Crippen molar-refractivity contribution in [2.45, 2.75) is 52.2 Å². The zero-order chi connectivity index (χ0) is 19.0. The Kier molecular flexibility index (Phi) is 4.70. The van der Waals surface area contributed by atoms with E-state index in [4.69, 9.17) is 0 Å². The maximum Gasteiger partial charge on any atom is 0.343 e. The lowest BCUT2D eigenvalue weighted by Crippen LogP contribution is -2.32. The Bertz CT molecular complexity index is 998. The molecule has 0 saturated carbocycles. The largest absolute Gasteiger partial charge is 0.343 e. The molecule has 27 heavy (non-hydrogen) atoms. The van der Waals surface area contributed by atoms with Crippen LogP contribution >= 0.6 is 0 Å². The smallest absolute Gasteiger partial charge is 0.299 e. The van der Waals surface area contributed by atoms with Crippen molar-refractivity contribution < 1.29 is 0 Å². The van der Waals surface area contributed by atoms with E-state index in [0.717, 1.165) is 43.9 Å². The average Bonchev–Trinajstić information content (AvgIpc) is 3.17. The molecule has 0 saturated heterocycles. The number of benzene rings is 1. The molecule has 0 amide bonds. The quantitative estimate of drug-likeness (QED) is 0.743. The SMILES string of the molecule is Cc1ccc(-c2[nH]ncc2CN(C)C2CCc3n[nH]c(=O)n3CC2)cc1C. The van der Waals surface area contributed by atoms with Crippen molar-refractivity contribution in [1.29, 1.82) is 0 Å². The Balaban J connectivity index is 1.49. The van der Waals surface area contributed by atoms with E-state index in [1.54, 1.807) is 4.57 Å². The lowest BCUT2D eigenvalue weighted by molar-refractivity contribution is 0.210. The van der Waals surface area contributed by atoms with Gasteiger partial charge in [-0.25, -0.2) is 9.89 Å². The number of nitrogens with one attached hydrogen (secondary N) is 2. The Hall–Kier alpha value is -2.67. The van der Waals surface area contributed by atoms with E-state index in [9.17, 15) is 4.79 Å². The number of nitrogens with zero attached hydrogens (tertiary/aromatic N) is 4. The highest BCUT2D eigenvalue weighted by Gasteiger charge is 2.23. The summed E-state index contributed by atoms with van der Waals surface area (Å²) in [5, 5.41) is 14.2. The number of H-pyrrole nitrogens is 2. The predicted molar refractivity (Wildman–Crippen MR) is 105 cm³/mol. The van der Waals surface area contributed by atoms with Gasteiger partial charge in [0.2, 0.25) is 0 Å². The van der Waals surface area contributed by atoms with Gasteiger partial charge in [-0.3, -0.25) is 14.6 Å². The number of fused-ring (bicyclic) bond motifs is 1. The van der Waals surface area contributed by atoms with Crippen LogP contribution in [-0.4, -0.2) is 43.0 Å². The molecule has 3 aromatic rings. The molecule has 1 unspecified atom stereocenters. The summed E-state index contributed by atoms with van der Waals surface area (Å²) in [7, 11) is 2.15. The van der Waals surface area contributed by atoms with Gasteiger partial charge in [-0.2, -0.15) is 10.2 Å². The second kappa shape index (κ2) is 7.15. The van der Waals surface area contributed by atoms with Crippen molar-refractivity contribution in [3.63, 3.8) is 0 Å². The van der Waals surface area contributed by atoms with Gasteiger partial charge in [0.1, 0.15) is 5.82 Å². The van der Waals surface area contributed by atoms with Gasteiger partial charge in [-0.05, 0) is 50.9 Å². The van der Waals surface area contributed by atoms with Gasteiger partial charge in [0.05, 0.1) is 11.9 Å². The minimum Gasteiger partial charge on any atom is -0.299 e. The van der Waals surface area contributed by atoms with Crippen LogP contribution in [0.2, 0.25) is 0 Å². The molecule has 0 aliphatic carbocycles. The van der Waals surface area contributed by atoms with Crippen LogP contribution in [0.25, 0.3) is 11.3 Å². The molecule has 7 heteroatoms. The van der Waals surface area contributed by atoms with Gasteiger partial charge in [0, 0.05) is 36.7 Å². The lowest BCUT2D eigenvalue weighted by atomic mass is 10.0. The molecular formula is C20H26N6O. The van der Waals surface area contributed by atoms with Crippen LogP contribution in [0.3, 0.4) is 0 Å². The summed E-state index contributed by atoms with van der Waals surface area (Å²) in [6.07, 6.45) is 4.69. The summed E-state index contributed by atoms with van der Waals surface area (Å²) < 4.78 is 1.77. The molecule has 7 nitrogen and oxygen atoms in total. The van der Waals surface area contributed by atoms with Gasteiger partial charge >= 0.3 is 5.69 Å². The number of rotatable bonds is 4. The third kappa shape index (κ3) is 3.47. The fourth-order valence-corrected chi connectivity index (χ4v) is 3.91. The molecule has 1 aliphatic heterocycles. The van der Waals surface area contributed by atoms with Crippen molar-refractivity contribution in [3.05, 3.63) is 57.4 Å². The predicted octanol–water partition coefficient (Wildman–Crippen LogP) is 2.42. The van der Waals surface area contributed by atoms with Crippen LogP contribution in [-0.2, 0) is 19.5 Å².